The molecule has 1 aromatic carbocycles. The lowest BCUT2D eigenvalue weighted by Gasteiger charge is -2.09. The summed E-state index contributed by atoms with van der Waals surface area (Å²) in [4.78, 5) is 39.2. The number of aromatic nitrogens is 1. The molecule has 1 heterocycles. The number of hydrogen-bond donors (Lipinski definition) is 1. The molecular formula is C18H18ClNO6. The molecule has 0 aliphatic heterocycles. The van der Waals surface area contributed by atoms with Crippen molar-refractivity contribution < 1.29 is 28.6 Å². The predicted octanol–water partition coefficient (Wildman–Crippen LogP) is 3.12. The first kappa shape index (κ1) is 19.5. The summed E-state index contributed by atoms with van der Waals surface area (Å²) in [6.45, 7) is 2.76. The van der Waals surface area contributed by atoms with Crippen molar-refractivity contribution in [3.63, 3.8) is 0 Å². The molecular weight excluding hydrogens is 362 g/mol. The van der Waals surface area contributed by atoms with Gasteiger partial charge in [0.1, 0.15) is 11.3 Å². The molecule has 2 aromatic rings. The molecule has 0 atom stereocenters. The molecule has 138 valence electrons. The van der Waals surface area contributed by atoms with Gasteiger partial charge in [-0.25, -0.2) is 9.59 Å². The van der Waals surface area contributed by atoms with E-state index in [1.165, 1.54) is 26.4 Å². The topological polar surface area (TPSA) is 94.7 Å². The Labute approximate surface area is 155 Å². The zero-order chi connectivity index (χ0) is 19.4. The Kier molecular flexibility index (Phi) is 6.05. The number of carbonyl (C=O) groups is 3. The van der Waals surface area contributed by atoms with E-state index in [9.17, 15) is 14.4 Å². The maximum absolute atomic E-state index is 12.4. The highest BCUT2D eigenvalue weighted by Crippen LogP contribution is 2.24. The molecule has 2 rings (SSSR count). The number of ether oxygens (including phenoxy) is 3. The highest BCUT2D eigenvalue weighted by atomic mass is 35.5. The van der Waals surface area contributed by atoms with Crippen LogP contribution >= 0.6 is 11.6 Å². The van der Waals surface area contributed by atoms with E-state index < -0.39 is 24.3 Å². The molecule has 26 heavy (non-hydrogen) atoms. The summed E-state index contributed by atoms with van der Waals surface area (Å²) < 4.78 is 14.9. The molecule has 0 amide bonds. The zero-order valence-electron chi connectivity index (χ0n) is 14.8. The Bertz CT molecular complexity index is 871. The largest absolute Gasteiger partial charge is 0.496 e. The fraction of sp³-hybridized carbons (Fsp3) is 0.278. The number of rotatable bonds is 6. The van der Waals surface area contributed by atoms with Gasteiger partial charge >= 0.3 is 11.9 Å². The number of esters is 2. The minimum Gasteiger partial charge on any atom is -0.496 e. The fourth-order valence-electron chi connectivity index (χ4n) is 2.56. The first-order valence-electron chi connectivity index (χ1n) is 7.61. The Hall–Kier alpha value is -2.80. The van der Waals surface area contributed by atoms with Gasteiger partial charge in [-0.1, -0.05) is 11.6 Å². The van der Waals surface area contributed by atoms with Crippen LogP contribution in [-0.4, -0.2) is 43.5 Å². The molecule has 1 aromatic heterocycles. The van der Waals surface area contributed by atoms with Crippen LogP contribution < -0.4 is 4.74 Å². The minimum absolute atomic E-state index is 0.113. The van der Waals surface area contributed by atoms with Gasteiger partial charge in [-0.2, -0.15) is 0 Å². The Balaban J connectivity index is 2.16. The molecule has 0 bridgehead atoms. The van der Waals surface area contributed by atoms with Crippen LogP contribution in [0.5, 0.6) is 5.75 Å². The fourth-order valence-corrected chi connectivity index (χ4v) is 2.73. The lowest BCUT2D eigenvalue weighted by molar-refractivity contribution is 0.0469. The van der Waals surface area contributed by atoms with Crippen molar-refractivity contribution in [1.29, 1.82) is 0 Å². The molecule has 0 saturated carbocycles. The van der Waals surface area contributed by atoms with Gasteiger partial charge in [-0.15, -0.1) is 0 Å². The number of halogens is 1. The summed E-state index contributed by atoms with van der Waals surface area (Å²) in [6, 6.07) is 4.50. The number of aryl methyl sites for hydroxylation is 1. The highest BCUT2D eigenvalue weighted by molar-refractivity contribution is 6.31. The van der Waals surface area contributed by atoms with Gasteiger partial charge in [0, 0.05) is 10.7 Å². The average molecular weight is 380 g/mol. The van der Waals surface area contributed by atoms with Gasteiger partial charge in [0.15, 0.2) is 6.61 Å². The molecule has 8 heteroatoms. The summed E-state index contributed by atoms with van der Waals surface area (Å²) in [7, 11) is 2.67. The van der Waals surface area contributed by atoms with Gasteiger partial charge < -0.3 is 19.2 Å². The number of hydrogen-bond acceptors (Lipinski definition) is 6. The van der Waals surface area contributed by atoms with Crippen LogP contribution in [0.15, 0.2) is 18.2 Å². The van der Waals surface area contributed by atoms with E-state index in [-0.39, 0.29) is 17.0 Å². The number of ketones is 1. The van der Waals surface area contributed by atoms with E-state index in [2.05, 4.69) is 4.98 Å². The molecule has 0 unspecified atom stereocenters. The van der Waals surface area contributed by atoms with Gasteiger partial charge in [-0.3, -0.25) is 4.79 Å². The van der Waals surface area contributed by atoms with Crippen molar-refractivity contribution in [2.24, 2.45) is 0 Å². The van der Waals surface area contributed by atoms with Crippen molar-refractivity contribution in [3.8, 4) is 5.75 Å². The third-order valence-electron chi connectivity index (χ3n) is 3.82. The quantitative estimate of drug-likeness (QED) is 0.612. The van der Waals surface area contributed by atoms with Crippen LogP contribution in [0.1, 0.15) is 42.5 Å². The predicted molar refractivity (Wildman–Crippen MR) is 94.2 cm³/mol. The smallest absolute Gasteiger partial charge is 0.342 e. The number of H-pyrrole nitrogens is 1. The monoisotopic (exact) mass is 379 g/mol. The van der Waals surface area contributed by atoms with Crippen molar-refractivity contribution in [1.82, 2.24) is 4.98 Å². The summed E-state index contributed by atoms with van der Waals surface area (Å²) in [6.07, 6.45) is 0. The van der Waals surface area contributed by atoms with E-state index in [1.54, 1.807) is 19.9 Å². The number of benzene rings is 1. The average Bonchev–Trinajstić information content (AvgIpc) is 2.93. The van der Waals surface area contributed by atoms with Crippen LogP contribution in [0.25, 0.3) is 0 Å². The normalized spacial score (nSPS) is 10.3. The minimum atomic E-state index is -0.744. The van der Waals surface area contributed by atoms with Crippen molar-refractivity contribution in [2.45, 2.75) is 13.8 Å². The summed E-state index contributed by atoms with van der Waals surface area (Å²) >= 11 is 5.88. The van der Waals surface area contributed by atoms with Crippen LogP contribution in [0.3, 0.4) is 0 Å². The second kappa shape index (κ2) is 8.05. The molecule has 0 saturated heterocycles. The standard InChI is InChI=1S/C18H18ClNO6/c1-9-15(18(23)25-4)10(2)20-16(9)13(21)8-26-17(22)12-7-11(19)5-6-14(12)24-3/h5-7,20H,8H2,1-4H3. The van der Waals surface area contributed by atoms with Crippen LogP contribution in [0.2, 0.25) is 5.02 Å². The van der Waals surface area contributed by atoms with E-state index in [4.69, 9.17) is 25.8 Å². The first-order chi connectivity index (χ1) is 12.3. The maximum atomic E-state index is 12.4. The van der Waals surface area contributed by atoms with E-state index in [1.807, 2.05) is 0 Å². The second-order valence-corrected chi connectivity index (χ2v) is 5.90. The first-order valence-corrected chi connectivity index (χ1v) is 7.99. The number of carbonyl (C=O) groups excluding carboxylic acids is 3. The molecule has 0 fully saturated rings. The Morgan fingerprint density at radius 2 is 1.81 bits per heavy atom. The molecule has 1 N–H and O–H groups in total. The van der Waals surface area contributed by atoms with E-state index in [0.29, 0.717) is 21.8 Å². The summed E-state index contributed by atoms with van der Waals surface area (Å²) in [5.74, 6) is -1.48. The van der Waals surface area contributed by atoms with Gasteiger partial charge in [0.25, 0.3) is 0 Å². The van der Waals surface area contributed by atoms with Crippen LogP contribution in [0, 0.1) is 13.8 Å². The lowest BCUT2D eigenvalue weighted by atomic mass is 10.1. The zero-order valence-corrected chi connectivity index (χ0v) is 15.5. The highest BCUT2D eigenvalue weighted by Gasteiger charge is 2.24. The van der Waals surface area contributed by atoms with Gasteiger partial charge in [0.05, 0.1) is 25.5 Å². The Morgan fingerprint density at radius 1 is 1.12 bits per heavy atom. The van der Waals surface area contributed by atoms with Gasteiger partial charge in [-0.05, 0) is 37.6 Å². The molecule has 0 spiro atoms. The van der Waals surface area contributed by atoms with Crippen molar-refractivity contribution in [3.05, 3.63) is 51.3 Å². The van der Waals surface area contributed by atoms with Crippen LogP contribution in [-0.2, 0) is 9.47 Å². The SMILES string of the molecule is COC(=O)c1c(C)[nH]c(C(=O)COC(=O)c2cc(Cl)ccc2OC)c1C. The summed E-state index contributed by atoms with van der Waals surface area (Å²) in [5, 5.41) is 0.336. The van der Waals surface area contributed by atoms with Crippen molar-refractivity contribution in [2.75, 3.05) is 20.8 Å². The molecule has 0 radical (unpaired) electrons. The third-order valence-corrected chi connectivity index (χ3v) is 4.06. The molecule has 0 aliphatic rings. The Morgan fingerprint density at radius 3 is 2.42 bits per heavy atom. The van der Waals surface area contributed by atoms with E-state index in [0.717, 1.165) is 0 Å². The number of aromatic amines is 1. The van der Waals surface area contributed by atoms with Gasteiger partial charge in [0.2, 0.25) is 5.78 Å². The lowest BCUT2D eigenvalue weighted by Crippen LogP contribution is -2.16. The number of methoxy groups -OCH3 is 2. The second-order valence-electron chi connectivity index (χ2n) is 5.46. The van der Waals surface area contributed by atoms with Crippen LogP contribution in [0.4, 0.5) is 0 Å². The number of Topliss-reactive ketones (excluding diaryl/α,β-unsaturated/α-hetero) is 1. The molecule has 7 nitrogen and oxygen atoms in total. The summed E-state index contributed by atoms with van der Waals surface area (Å²) in [5.41, 5.74) is 1.53. The number of nitrogens with one attached hydrogen (secondary N) is 1. The third kappa shape index (κ3) is 3.88. The molecule has 0 aliphatic carbocycles. The van der Waals surface area contributed by atoms with Crippen molar-refractivity contribution >= 4 is 29.3 Å². The van der Waals surface area contributed by atoms with E-state index >= 15 is 0 Å². The maximum Gasteiger partial charge on any atom is 0.342 e.